The smallest absolute Gasteiger partial charge is 0.321 e. The van der Waals surface area contributed by atoms with Crippen LogP contribution < -0.4 is 5.32 Å². The first-order valence-corrected chi connectivity index (χ1v) is 4.74. The molecular formula is C10H13N3O. The molecule has 0 aliphatic carbocycles. The van der Waals surface area contributed by atoms with E-state index in [0.29, 0.717) is 0 Å². The Morgan fingerprint density at radius 2 is 2.29 bits per heavy atom. The molecule has 4 nitrogen and oxygen atoms in total. The van der Waals surface area contributed by atoms with Gasteiger partial charge in [-0.1, -0.05) is 0 Å². The van der Waals surface area contributed by atoms with Crippen molar-refractivity contribution in [2.45, 2.75) is 13.3 Å². The Balaban J connectivity index is 1.96. The first kappa shape index (κ1) is 8.99. The van der Waals surface area contributed by atoms with Gasteiger partial charge in [-0.05, 0) is 25.5 Å². The maximum absolute atomic E-state index is 11.5. The molecule has 14 heavy (non-hydrogen) atoms. The molecule has 0 saturated carbocycles. The molecule has 0 atom stereocenters. The molecule has 0 spiro atoms. The Kier molecular flexibility index (Phi) is 2.35. The second-order valence-electron chi connectivity index (χ2n) is 3.46. The summed E-state index contributed by atoms with van der Waals surface area (Å²) in [6.07, 6.45) is 2.78. The van der Waals surface area contributed by atoms with Gasteiger partial charge in [0.15, 0.2) is 0 Å². The average Bonchev–Trinajstić information content (AvgIpc) is 2.06. The lowest BCUT2D eigenvalue weighted by molar-refractivity contribution is 0.181. The first-order valence-electron chi connectivity index (χ1n) is 4.74. The lowest BCUT2D eigenvalue weighted by atomic mass is 10.2. The third-order valence-corrected chi connectivity index (χ3v) is 2.31. The van der Waals surface area contributed by atoms with E-state index < -0.39 is 0 Å². The van der Waals surface area contributed by atoms with E-state index in [9.17, 15) is 4.79 Å². The van der Waals surface area contributed by atoms with E-state index in [1.165, 1.54) is 0 Å². The average molecular weight is 191 g/mol. The van der Waals surface area contributed by atoms with E-state index in [2.05, 4.69) is 10.3 Å². The Morgan fingerprint density at radius 3 is 2.79 bits per heavy atom. The molecule has 0 radical (unpaired) electrons. The number of carbonyl (C=O) groups excluding carboxylic acids is 1. The van der Waals surface area contributed by atoms with Crippen LogP contribution in [0.2, 0.25) is 0 Å². The van der Waals surface area contributed by atoms with Crippen molar-refractivity contribution in [3.63, 3.8) is 0 Å². The van der Waals surface area contributed by atoms with E-state index in [-0.39, 0.29) is 6.03 Å². The molecule has 1 aromatic heterocycles. The summed E-state index contributed by atoms with van der Waals surface area (Å²) in [7, 11) is 0. The van der Waals surface area contributed by atoms with Gasteiger partial charge in [0.25, 0.3) is 0 Å². The zero-order valence-corrected chi connectivity index (χ0v) is 8.16. The van der Waals surface area contributed by atoms with Gasteiger partial charge in [0, 0.05) is 18.8 Å². The lowest BCUT2D eigenvalue weighted by Gasteiger charge is -2.30. The molecule has 1 fully saturated rings. The number of hydrogen-bond acceptors (Lipinski definition) is 2. The Bertz CT molecular complexity index is 330. The number of carbonyl (C=O) groups is 1. The number of urea groups is 1. The Morgan fingerprint density at radius 1 is 1.50 bits per heavy atom. The number of likely N-dealkylation sites (tertiary alicyclic amines) is 1. The second kappa shape index (κ2) is 3.65. The number of rotatable bonds is 1. The van der Waals surface area contributed by atoms with Gasteiger partial charge in [-0.15, -0.1) is 0 Å². The minimum Gasteiger partial charge on any atom is -0.324 e. The predicted molar refractivity (Wildman–Crippen MR) is 54.2 cm³/mol. The highest BCUT2D eigenvalue weighted by molar-refractivity contribution is 5.89. The molecule has 1 aliphatic rings. The Labute approximate surface area is 82.9 Å². The molecule has 2 heterocycles. The highest BCUT2D eigenvalue weighted by atomic mass is 16.2. The van der Waals surface area contributed by atoms with Gasteiger partial charge >= 0.3 is 6.03 Å². The van der Waals surface area contributed by atoms with Gasteiger partial charge in [-0.25, -0.2) is 4.79 Å². The minimum atomic E-state index is -0.0260. The van der Waals surface area contributed by atoms with Gasteiger partial charge in [-0.3, -0.25) is 4.98 Å². The molecule has 4 heteroatoms. The molecule has 2 amide bonds. The highest BCUT2D eigenvalue weighted by Crippen LogP contribution is 2.10. The van der Waals surface area contributed by atoms with Gasteiger partial charge in [0.2, 0.25) is 0 Å². The molecule has 1 saturated heterocycles. The number of nitrogens with one attached hydrogen (secondary N) is 1. The van der Waals surface area contributed by atoms with Crippen molar-refractivity contribution in [1.82, 2.24) is 9.88 Å². The van der Waals surface area contributed by atoms with Crippen LogP contribution in [0.1, 0.15) is 12.1 Å². The van der Waals surface area contributed by atoms with Crippen LogP contribution in [-0.2, 0) is 0 Å². The van der Waals surface area contributed by atoms with E-state index >= 15 is 0 Å². The first-order chi connectivity index (χ1) is 6.75. The van der Waals surface area contributed by atoms with Crippen LogP contribution in [0.15, 0.2) is 18.3 Å². The zero-order chi connectivity index (χ0) is 9.97. The van der Waals surface area contributed by atoms with E-state index in [1.807, 2.05) is 19.1 Å². The highest BCUT2D eigenvalue weighted by Gasteiger charge is 2.19. The standard InChI is InChI=1S/C10H13N3O/c1-8-3-4-9(7-11-8)12-10(14)13-5-2-6-13/h3-4,7H,2,5-6H2,1H3,(H,12,14). The lowest BCUT2D eigenvalue weighted by Crippen LogP contribution is -2.44. The molecule has 2 rings (SSSR count). The summed E-state index contributed by atoms with van der Waals surface area (Å²) in [4.78, 5) is 17.3. The largest absolute Gasteiger partial charge is 0.324 e. The maximum atomic E-state index is 11.5. The van der Waals surface area contributed by atoms with Crippen molar-refractivity contribution in [1.29, 1.82) is 0 Å². The van der Waals surface area contributed by atoms with Crippen molar-refractivity contribution in [2.24, 2.45) is 0 Å². The fraction of sp³-hybridized carbons (Fsp3) is 0.400. The topological polar surface area (TPSA) is 45.2 Å². The number of amides is 2. The van der Waals surface area contributed by atoms with E-state index in [4.69, 9.17) is 0 Å². The fourth-order valence-electron chi connectivity index (χ4n) is 1.26. The van der Waals surface area contributed by atoms with Crippen LogP contribution in [0.5, 0.6) is 0 Å². The van der Waals surface area contributed by atoms with Crippen LogP contribution in [0.4, 0.5) is 10.5 Å². The minimum absolute atomic E-state index is 0.0260. The van der Waals surface area contributed by atoms with Crippen LogP contribution >= 0.6 is 0 Å². The van der Waals surface area contributed by atoms with Crippen molar-refractivity contribution in [2.75, 3.05) is 18.4 Å². The number of anilines is 1. The van der Waals surface area contributed by atoms with Crippen molar-refractivity contribution < 1.29 is 4.79 Å². The quantitative estimate of drug-likeness (QED) is 0.733. The number of aromatic nitrogens is 1. The van der Waals surface area contributed by atoms with Crippen LogP contribution in [0, 0.1) is 6.92 Å². The molecule has 0 bridgehead atoms. The summed E-state index contributed by atoms with van der Waals surface area (Å²) in [5, 5.41) is 2.80. The molecule has 1 N–H and O–H groups in total. The monoisotopic (exact) mass is 191 g/mol. The summed E-state index contributed by atoms with van der Waals surface area (Å²) in [6.45, 7) is 3.65. The van der Waals surface area contributed by atoms with Crippen molar-refractivity contribution in [3.05, 3.63) is 24.0 Å². The van der Waals surface area contributed by atoms with Crippen LogP contribution in [0.3, 0.4) is 0 Å². The zero-order valence-electron chi connectivity index (χ0n) is 8.16. The summed E-state index contributed by atoms with van der Waals surface area (Å²) in [5.74, 6) is 0. The molecule has 0 unspecified atom stereocenters. The molecular weight excluding hydrogens is 178 g/mol. The molecule has 0 aromatic carbocycles. The van der Waals surface area contributed by atoms with Crippen LogP contribution in [0.25, 0.3) is 0 Å². The van der Waals surface area contributed by atoms with Gasteiger partial charge in [0.1, 0.15) is 0 Å². The summed E-state index contributed by atoms with van der Waals surface area (Å²) in [6, 6.07) is 3.72. The number of pyridine rings is 1. The summed E-state index contributed by atoms with van der Waals surface area (Å²) in [5.41, 5.74) is 1.71. The number of nitrogens with zero attached hydrogens (tertiary/aromatic N) is 2. The molecule has 1 aromatic rings. The molecule has 1 aliphatic heterocycles. The van der Waals surface area contributed by atoms with Gasteiger partial charge in [0.05, 0.1) is 11.9 Å². The summed E-state index contributed by atoms with van der Waals surface area (Å²) >= 11 is 0. The SMILES string of the molecule is Cc1ccc(NC(=O)N2CCC2)cn1. The Hall–Kier alpha value is -1.58. The van der Waals surface area contributed by atoms with Crippen molar-refractivity contribution in [3.8, 4) is 0 Å². The van der Waals surface area contributed by atoms with E-state index in [0.717, 1.165) is 30.9 Å². The van der Waals surface area contributed by atoms with Crippen LogP contribution in [-0.4, -0.2) is 29.0 Å². The normalized spacial score (nSPS) is 14.8. The summed E-state index contributed by atoms with van der Waals surface area (Å²) < 4.78 is 0. The van der Waals surface area contributed by atoms with Crippen molar-refractivity contribution >= 4 is 11.7 Å². The number of hydrogen-bond donors (Lipinski definition) is 1. The second-order valence-corrected chi connectivity index (χ2v) is 3.46. The third-order valence-electron chi connectivity index (χ3n) is 2.31. The fourth-order valence-corrected chi connectivity index (χ4v) is 1.26. The van der Waals surface area contributed by atoms with Gasteiger partial charge in [-0.2, -0.15) is 0 Å². The number of aryl methyl sites for hydroxylation is 1. The van der Waals surface area contributed by atoms with Gasteiger partial charge < -0.3 is 10.2 Å². The van der Waals surface area contributed by atoms with E-state index in [1.54, 1.807) is 11.1 Å². The molecule has 74 valence electrons. The maximum Gasteiger partial charge on any atom is 0.321 e. The predicted octanol–water partition coefficient (Wildman–Crippen LogP) is 1.63. The third kappa shape index (κ3) is 1.84.